The molecule has 0 spiro atoms. The fourth-order valence-corrected chi connectivity index (χ4v) is 2.73. The Labute approximate surface area is 159 Å². The number of nitrogens with zero attached hydrogens (tertiary/aromatic N) is 4. The molecule has 0 saturated carbocycles. The van der Waals surface area contributed by atoms with Crippen molar-refractivity contribution >= 4 is 0 Å². The molecule has 0 aliphatic heterocycles. The standard InChI is InChI=1S/C20H25N5O2/c1-14-4-5-15(2)20(10-14)27-12-19(26)11-21-16(3)17-6-8-18(9-7-17)25-13-22-23-24-25/h4-10,13,16,19,21,26H,11-12H2,1-3H3. The Morgan fingerprint density at radius 3 is 2.63 bits per heavy atom. The molecule has 2 N–H and O–H groups in total. The first-order valence-electron chi connectivity index (χ1n) is 8.98. The molecule has 7 nitrogen and oxygen atoms in total. The second-order valence-corrected chi connectivity index (χ2v) is 6.71. The van der Waals surface area contributed by atoms with Crippen molar-refractivity contribution in [2.45, 2.75) is 32.9 Å². The summed E-state index contributed by atoms with van der Waals surface area (Å²) in [6.45, 7) is 6.78. The van der Waals surface area contributed by atoms with Gasteiger partial charge in [0.25, 0.3) is 0 Å². The SMILES string of the molecule is Cc1ccc(C)c(OCC(O)CNC(C)c2ccc(-n3cnnn3)cc2)c1. The fourth-order valence-electron chi connectivity index (χ4n) is 2.73. The Morgan fingerprint density at radius 2 is 1.93 bits per heavy atom. The molecule has 2 unspecified atom stereocenters. The number of hydrogen-bond donors (Lipinski definition) is 2. The summed E-state index contributed by atoms with van der Waals surface area (Å²) in [4.78, 5) is 0. The third kappa shape index (κ3) is 5.12. The number of rotatable bonds is 8. The monoisotopic (exact) mass is 367 g/mol. The van der Waals surface area contributed by atoms with Gasteiger partial charge in [-0.25, -0.2) is 4.68 Å². The zero-order chi connectivity index (χ0) is 19.2. The molecule has 2 aromatic carbocycles. The molecule has 0 amide bonds. The molecule has 0 fully saturated rings. The van der Waals surface area contributed by atoms with Crippen LogP contribution < -0.4 is 10.1 Å². The topological polar surface area (TPSA) is 85.1 Å². The minimum absolute atomic E-state index is 0.100. The van der Waals surface area contributed by atoms with Crippen molar-refractivity contribution < 1.29 is 9.84 Å². The van der Waals surface area contributed by atoms with Gasteiger partial charge in [0, 0.05) is 12.6 Å². The number of tetrazole rings is 1. The van der Waals surface area contributed by atoms with E-state index >= 15 is 0 Å². The summed E-state index contributed by atoms with van der Waals surface area (Å²) in [6, 6.07) is 14.1. The predicted molar refractivity (Wildman–Crippen MR) is 103 cm³/mol. The number of aryl methyl sites for hydroxylation is 2. The molecule has 0 aliphatic rings. The Kier molecular flexibility index (Phi) is 6.16. The van der Waals surface area contributed by atoms with Crippen LogP contribution in [0.1, 0.15) is 29.7 Å². The van der Waals surface area contributed by atoms with E-state index in [1.807, 2.05) is 56.3 Å². The smallest absolute Gasteiger partial charge is 0.143 e. The molecule has 0 saturated heterocycles. The molecule has 3 aromatic rings. The third-order valence-electron chi connectivity index (χ3n) is 4.44. The predicted octanol–water partition coefficient (Wildman–Crippen LogP) is 2.37. The summed E-state index contributed by atoms with van der Waals surface area (Å²) in [5.74, 6) is 0.820. The van der Waals surface area contributed by atoms with E-state index in [4.69, 9.17) is 4.74 Å². The Hall–Kier alpha value is -2.77. The van der Waals surface area contributed by atoms with Crippen molar-refractivity contribution in [2.24, 2.45) is 0 Å². The fraction of sp³-hybridized carbons (Fsp3) is 0.350. The van der Waals surface area contributed by atoms with Crippen molar-refractivity contribution in [1.29, 1.82) is 0 Å². The third-order valence-corrected chi connectivity index (χ3v) is 4.44. The van der Waals surface area contributed by atoms with Crippen LogP contribution in [-0.2, 0) is 0 Å². The number of aromatic nitrogens is 4. The summed E-state index contributed by atoms with van der Waals surface area (Å²) in [5.41, 5.74) is 4.23. The molecule has 142 valence electrons. The first kappa shape index (κ1) is 19.0. The van der Waals surface area contributed by atoms with Crippen molar-refractivity contribution in [2.75, 3.05) is 13.2 Å². The zero-order valence-corrected chi connectivity index (χ0v) is 15.8. The normalized spacial score (nSPS) is 13.3. The average Bonchev–Trinajstić information content (AvgIpc) is 3.21. The second-order valence-electron chi connectivity index (χ2n) is 6.71. The van der Waals surface area contributed by atoms with E-state index in [9.17, 15) is 5.11 Å². The van der Waals surface area contributed by atoms with Crippen LogP contribution in [0.5, 0.6) is 5.75 Å². The maximum absolute atomic E-state index is 10.2. The highest BCUT2D eigenvalue weighted by Crippen LogP contribution is 2.19. The zero-order valence-electron chi connectivity index (χ0n) is 15.8. The van der Waals surface area contributed by atoms with Crippen LogP contribution in [0.25, 0.3) is 5.69 Å². The number of benzene rings is 2. The van der Waals surface area contributed by atoms with Gasteiger partial charge < -0.3 is 15.2 Å². The van der Waals surface area contributed by atoms with E-state index in [1.54, 1.807) is 11.0 Å². The molecular formula is C20H25N5O2. The molecule has 0 bridgehead atoms. The van der Waals surface area contributed by atoms with E-state index < -0.39 is 6.10 Å². The van der Waals surface area contributed by atoms with Crippen LogP contribution in [0.4, 0.5) is 0 Å². The minimum atomic E-state index is -0.590. The van der Waals surface area contributed by atoms with E-state index in [-0.39, 0.29) is 12.6 Å². The van der Waals surface area contributed by atoms with Crippen molar-refractivity contribution in [3.8, 4) is 11.4 Å². The van der Waals surface area contributed by atoms with Gasteiger partial charge in [-0.15, -0.1) is 5.10 Å². The van der Waals surface area contributed by atoms with Crippen LogP contribution in [0.3, 0.4) is 0 Å². The number of hydrogen-bond acceptors (Lipinski definition) is 6. The second kappa shape index (κ2) is 8.75. The van der Waals surface area contributed by atoms with Gasteiger partial charge in [0.1, 0.15) is 24.8 Å². The van der Waals surface area contributed by atoms with Gasteiger partial charge in [-0.05, 0) is 66.1 Å². The molecule has 1 heterocycles. The molecule has 0 aliphatic carbocycles. The van der Waals surface area contributed by atoms with Crippen molar-refractivity contribution in [3.05, 3.63) is 65.5 Å². The first-order valence-corrected chi connectivity index (χ1v) is 8.98. The van der Waals surface area contributed by atoms with Gasteiger partial charge in [-0.3, -0.25) is 0 Å². The molecule has 7 heteroatoms. The Morgan fingerprint density at radius 1 is 1.15 bits per heavy atom. The Balaban J connectivity index is 1.48. The van der Waals surface area contributed by atoms with Crippen LogP contribution in [0, 0.1) is 13.8 Å². The highest BCUT2D eigenvalue weighted by Gasteiger charge is 2.11. The van der Waals surface area contributed by atoms with Crippen LogP contribution >= 0.6 is 0 Å². The van der Waals surface area contributed by atoms with Crippen LogP contribution in [-0.4, -0.2) is 44.6 Å². The summed E-state index contributed by atoms with van der Waals surface area (Å²) >= 11 is 0. The van der Waals surface area contributed by atoms with E-state index in [0.29, 0.717) is 6.54 Å². The van der Waals surface area contributed by atoms with E-state index in [0.717, 1.165) is 28.1 Å². The van der Waals surface area contributed by atoms with E-state index in [1.165, 1.54) is 0 Å². The lowest BCUT2D eigenvalue weighted by molar-refractivity contribution is 0.104. The summed E-state index contributed by atoms with van der Waals surface area (Å²) in [6.07, 6.45) is 0.969. The molecule has 0 radical (unpaired) electrons. The first-order chi connectivity index (χ1) is 13.0. The van der Waals surface area contributed by atoms with Gasteiger partial charge in [0.2, 0.25) is 0 Å². The average molecular weight is 367 g/mol. The summed E-state index contributed by atoms with van der Waals surface area (Å²) in [5, 5.41) is 24.7. The lowest BCUT2D eigenvalue weighted by Gasteiger charge is -2.19. The highest BCUT2D eigenvalue weighted by atomic mass is 16.5. The lowest BCUT2D eigenvalue weighted by Crippen LogP contribution is -2.33. The quantitative estimate of drug-likeness (QED) is 0.636. The van der Waals surface area contributed by atoms with Gasteiger partial charge in [-0.1, -0.05) is 24.3 Å². The van der Waals surface area contributed by atoms with Crippen molar-refractivity contribution in [3.63, 3.8) is 0 Å². The number of nitrogens with one attached hydrogen (secondary N) is 1. The van der Waals surface area contributed by atoms with Gasteiger partial charge in [-0.2, -0.15) is 0 Å². The maximum atomic E-state index is 10.2. The number of aliphatic hydroxyl groups excluding tert-OH is 1. The maximum Gasteiger partial charge on any atom is 0.143 e. The van der Waals surface area contributed by atoms with Crippen LogP contribution in [0.2, 0.25) is 0 Å². The minimum Gasteiger partial charge on any atom is -0.491 e. The number of aliphatic hydroxyl groups is 1. The van der Waals surface area contributed by atoms with Crippen molar-refractivity contribution in [1.82, 2.24) is 25.5 Å². The molecule has 3 rings (SSSR count). The molecular weight excluding hydrogens is 342 g/mol. The molecule has 27 heavy (non-hydrogen) atoms. The van der Waals surface area contributed by atoms with Crippen LogP contribution in [0.15, 0.2) is 48.8 Å². The summed E-state index contributed by atoms with van der Waals surface area (Å²) in [7, 11) is 0. The molecule has 1 aromatic heterocycles. The number of ether oxygens (including phenoxy) is 1. The van der Waals surface area contributed by atoms with Gasteiger partial charge in [0.15, 0.2) is 0 Å². The Bertz CT molecular complexity index is 849. The van der Waals surface area contributed by atoms with Gasteiger partial charge >= 0.3 is 0 Å². The van der Waals surface area contributed by atoms with Gasteiger partial charge in [0.05, 0.1) is 5.69 Å². The van der Waals surface area contributed by atoms with E-state index in [2.05, 4.69) is 27.8 Å². The molecule has 2 atom stereocenters. The lowest BCUT2D eigenvalue weighted by atomic mass is 10.1. The highest BCUT2D eigenvalue weighted by molar-refractivity contribution is 5.36. The summed E-state index contributed by atoms with van der Waals surface area (Å²) < 4.78 is 7.37. The largest absolute Gasteiger partial charge is 0.491 e.